The second-order valence-electron chi connectivity index (χ2n) is 4.19. The Morgan fingerprint density at radius 3 is 2.42 bits per heavy atom. The van der Waals surface area contributed by atoms with Crippen molar-refractivity contribution in [3.05, 3.63) is 54.6 Å². The van der Waals surface area contributed by atoms with Crippen molar-refractivity contribution in [3.8, 4) is 0 Å². The third kappa shape index (κ3) is 3.84. The lowest BCUT2D eigenvalue weighted by Crippen LogP contribution is -2.32. The average molecular weight is 272 g/mol. The van der Waals surface area contributed by atoms with E-state index in [0.29, 0.717) is 0 Å². The number of rotatable bonds is 4. The van der Waals surface area contributed by atoms with Crippen molar-refractivity contribution in [2.75, 3.05) is 5.32 Å². The van der Waals surface area contributed by atoms with E-state index in [4.69, 9.17) is 5.73 Å². The first-order valence-electron chi connectivity index (χ1n) is 6.05. The van der Waals surface area contributed by atoms with Crippen molar-refractivity contribution < 1.29 is 4.79 Å². The van der Waals surface area contributed by atoms with Crippen LogP contribution in [0.2, 0.25) is 0 Å². The van der Waals surface area contributed by atoms with Gasteiger partial charge in [-0.05, 0) is 31.2 Å². The van der Waals surface area contributed by atoms with E-state index in [-0.39, 0.29) is 5.91 Å². The molecule has 3 N–H and O–H groups in total. The van der Waals surface area contributed by atoms with Gasteiger partial charge in [-0.3, -0.25) is 4.79 Å². The molecule has 0 fully saturated rings. The topological polar surface area (TPSA) is 55.1 Å². The number of carbonyl (C=O) groups excluding carboxylic acids is 1. The molecule has 0 aromatic heterocycles. The lowest BCUT2D eigenvalue weighted by atomic mass is 10.3. The predicted molar refractivity (Wildman–Crippen MR) is 79.3 cm³/mol. The van der Waals surface area contributed by atoms with Crippen molar-refractivity contribution >= 4 is 23.4 Å². The summed E-state index contributed by atoms with van der Waals surface area (Å²) in [6.45, 7) is 1.67. The quantitative estimate of drug-likeness (QED) is 0.899. The van der Waals surface area contributed by atoms with Crippen molar-refractivity contribution in [1.29, 1.82) is 0 Å². The van der Waals surface area contributed by atoms with Crippen LogP contribution in [0, 0.1) is 0 Å². The van der Waals surface area contributed by atoms with Crippen molar-refractivity contribution in [2.24, 2.45) is 5.73 Å². The second kappa shape index (κ2) is 6.41. The van der Waals surface area contributed by atoms with Gasteiger partial charge >= 0.3 is 0 Å². The summed E-state index contributed by atoms with van der Waals surface area (Å²) in [5, 5.41) is 2.85. The summed E-state index contributed by atoms with van der Waals surface area (Å²) in [4.78, 5) is 13.8. The van der Waals surface area contributed by atoms with Gasteiger partial charge in [-0.25, -0.2) is 0 Å². The van der Waals surface area contributed by atoms with Crippen molar-refractivity contribution in [2.45, 2.75) is 22.8 Å². The van der Waals surface area contributed by atoms with E-state index in [2.05, 4.69) is 5.32 Å². The average Bonchev–Trinajstić information content (AvgIpc) is 2.42. The number of amides is 1. The Kier molecular flexibility index (Phi) is 4.60. The number of nitrogens with one attached hydrogen (secondary N) is 1. The van der Waals surface area contributed by atoms with Crippen LogP contribution in [0.3, 0.4) is 0 Å². The number of carbonyl (C=O) groups is 1. The van der Waals surface area contributed by atoms with Crippen LogP contribution in [-0.2, 0) is 4.79 Å². The fourth-order valence-electron chi connectivity index (χ4n) is 1.52. The van der Waals surface area contributed by atoms with Gasteiger partial charge in [-0.2, -0.15) is 0 Å². The largest absolute Gasteiger partial charge is 0.324 e. The van der Waals surface area contributed by atoms with Gasteiger partial charge in [0.15, 0.2) is 0 Å². The summed E-state index contributed by atoms with van der Waals surface area (Å²) >= 11 is 1.61. The summed E-state index contributed by atoms with van der Waals surface area (Å²) in [6, 6.07) is 17.2. The monoisotopic (exact) mass is 272 g/mol. The van der Waals surface area contributed by atoms with E-state index in [1.807, 2.05) is 54.6 Å². The Morgan fingerprint density at radius 2 is 1.74 bits per heavy atom. The fourth-order valence-corrected chi connectivity index (χ4v) is 2.44. The van der Waals surface area contributed by atoms with Gasteiger partial charge in [0.25, 0.3) is 0 Å². The molecule has 2 aromatic rings. The number of para-hydroxylation sites is 1. The summed E-state index contributed by atoms with van der Waals surface area (Å²) in [7, 11) is 0. The minimum Gasteiger partial charge on any atom is -0.324 e. The molecule has 0 bridgehead atoms. The summed E-state index contributed by atoms with van der Waals surface area (Å²) in [5.41, 5.74) is 6.36. The van der Waals surface area contributed by atoms with Crippen LogP contribution in [-0.4, -0.2) is 11.9 Å². The van der Waals surface area contributed by atoms with E-state index >= 15 is 0 Å². The fraction of sp³-hybridized carbons (Fsp3) is 0.133. The number of hydrogen-bond acceptors (Lipinski definition) is 3. The van der Waals surface area contributed by atoms with Crippen LogP contribution in [0.4, 0.5) is 5.69 Å². The molecule has 98 valence electrons. The van der Waals surface area contributed by atoms with Crippen LogP contribution in [0.25, 0.3) is 0 Å². The molecule has 1 amide bonds. The van der Waals surface area contributed by atoms with Gasteiger partial charge in [0.1, 0.15) is 0 Å². The molecular weight excluding hydrogens is 256 g/mol. The highest BCUT2D eigenvalue weighted by atomic mass is 32.2. The predicted octanol–water partition coefficient (Wildman–Crippen LogP) is 3.12. The Morgan fingerprint density at radius 1 is 1.11 bits per heavy atom. The molecule has 2 aromatic carbocycles. The van der Waals surface area contributed by atoms with Crippen LogP contribution >= 0.6 is 11.8 Å². The molecule has 0 aliphatic rings. The highest BCUT2D eigenvalue weighted by Crippen LogP contribution is 2.33. The van der Waals surface area contributed by atoms with E-state index in [0.717, 1.165) is 15.5 Å². The highest BCUT2D eigenvalue weighted by Gasteiger charge is 2.10. The van der Waals surface area contributed by atoms with Gasteiger partial charge in [-0.1, -0.05) is 42.1 Å². The molecular formula is C15H16N2OS. The molecule has 0 heterocycles. The first-order valence-corrected chi connectivity index (χ1v) is 6.87. The maximum absolute atomic E-state index is 11.7. The Hall–Kier alpha value is -1.78. The smallest absolute Gasteiger partial charge is 0.241 e. The Balaban J connectivity index is 2.19. The molecule has 0 saturated heterocycles. The maximum Gasteiger partial charge on any atom is 0.241 e. The number of hydrogen-bond donors (Lipinski definition) is 2. The SMILES string of the molecule is C[C@@H](N)C(=O)Nc1ccccc1Sc1ccccc1. The molecule has 0 radical (unpaired) electrons. The Bertz CT molecular complexity index is 555. The standard InChI is InChI=1S/C15H16N2OS/c1-11(16)15(18)17-13-9-5-6-10-14(13)19-12-7-3-2-4-8-12/h2-11H,16H2,1H3,(H,17,18)/t11-/m1/s1. The highest BCUT2D eigenvalue weighted by molar-refractivity contribution is 7.99. The first kappa shape index (κ1) is 13.6. The van der Waals surface area contributed by atoms with Crippen LogP contribution in [0.1, 0.15) is 6.92 Å². The van der Waals surface area contributed by atoms with E-state index in [9.17, 15) is 4.79 Å². The molecule has 4 heteroatoms. The molecule has 1 atom stereocenters. The summed E-state index contributed by atoms with van der Waals surface area (Å²) < 4.78 is 0. The minimum atomic E-state index is -0.519. The lowest BCUT2D eigenvalue weighted by Gasteiger charge is -2.12. The number of benzene rings is 2. The zero-order valence-electron chi connectivity index (χ0n) is 10.7. The molecule has 0 unspecified atom stereocenters. The van der Waals surface area contributed by atoms with Gasteiger partial charge in [-0.15, -0.1) is 0 Å². The second-order valence-corrected chi connectivity index (χ2v) is 5.30. The number of anilines is 1. The maximum atomic E-state index is 11.7. The zero-order valence-corrected chi connectivity index (χ0v) is 11.5. The molecule has 19 heavy (non-hydrogen) atoms. The number of nitrogens with two attached hydrogens (primary N) is 1. The van der Waals surface area contributed by atoms with E-state index in [1.54, 1.807) is 18.7 Å². The molecule has 0 aliphatic carbocycles. The normalized spacial score (nSPS) is 11.9. The molecule has 3 nitrogen and oxygen atoms in total. The van der Waals surface area contributed by atoms with Gasteiger partial charge in [0.2, 0.25) is 5.91 Å². The molecule has 0 saturated carbocycles. The van der Waals surface area contributed by atoms with Gasteiger partial charge in [0, 0.05) is 9.79 Å². The zero-order chi connectivity index (χ0) is 13.7. The van der Waals surface area contributed by atoms with Crippen molar-refractivity contribution in [3.63, 3.8) is 0 Å². The lowest BCUT2D eigenvalue weighted by molar-refractivity contribution is -0.117. The van der Waals surface area contributed by atoms with Gasteiger partial charge < -0.3 is 11.1 Å². The first-order chi connectivity index (χ1) is 9.16. The third-order valence-corrected chi connectivity index (χ3v) is 3.61. The summed E-state index contributed by atoms with van der Waals surface area (Å²) in [6.07, 6.45) is 0. The Labute approximate surface area is 117 Å². The third-order valence-electron chi connectivity index (χ3n) is 2.53. The van der Waals surface area contributed by atoms with Crippen LogP contribution in [0.5, 0.6) is 0 Å². The van der Waals surface area contributed by atoms with E-state index in [1.165, 1.54) is 0 Å². The molecule has 0 aliphatic heterocycles. The minimum absolute atomic E-state index is 0.180. The van der Waals surface area contributed by atoms with Gasteiger partial charge in [0.05, 0.1) is 11.7 Å². The summed E-state index contributed by atoms with van der Waals surface area (Å²) in [5.74, 6) is -0.180. The molecule has 2 rings (SSSR count). The van der Waals surface area contributed by atoms with Crippen LogP contribution < -0.4 is 11.1 Å². The van der Waals surface area contributed by atoms with Crippen molar-refractivity contribution in [1.82, 2.24) is 0 Å². The van der Waals surface area contributed by atoms with Crippen LogP contribution in [0.15, 0.2) is 64.4 Å². The van der Waals surface area contributed by atoms with E-state index < -0.39 is 6.04 Å². The molecule has 0 spiro atoms.